The highest BCUT2D eigenvalue weighted by Crippen LogP contribution is 2.33. The van der Waals surface area contributed by atoms with E-state index < -0.39 is 12.1 Å². The summed E-state index contributed by atoms with van der Waals surface area (Å²) in [6.45, 7) is 3.33. The van der Waals surface area contributed by atoms with Gasteiger partial charge in [-0.25, -0.2) is 4.79 Å². The van der Waals surface area contributed by atoms with Crippen molar-refractivity contribution in [3.05, 3.63) is 23.8 Å². The Balaban J connectivity index is 1.16. The zero-order valence-corrected chi connectivity index (χ0v) is 19.1. The predicted molar refractivity (Wildman–Crippen MR) is 120 cm³/mol. The van der Waals surface area contributed by atoms with Crippen LogP contribution in [0.25, 0.3) is 0 Å². The first-order chi connectivity index (χ1) is 16.0. The number of nitrogens with one attached hydrogen (secondary N) is 1. The maximum Gasteiger partial charge on any atom is 0.325 e. The van der Waals surface area contributed by atoms with Gasteiger partial charge in [0, 0.05) is 19.6 Å². The van der Waals surface area contributed by atoms with Crippen LogP contribution in [-0.2, 0) is 16.1 Å². The quantitative estimate of drug-likeness (QED) is 0.658. The monoisotopic (exact) mass is 456 g/mol. The molecular formula is C24H32N4O5. The average molecular weight is 457 g/mol. The number of hydrogen-bond donors (Lipinski definition) is 1. The third-order valence-corrected chi connectivity index (χ3v) is 7.43. The summed E-state index contributed by atoms with van der Waals surface area (Å²) < 4.78 is 10.7. The number of rotatable bonds is 6. The number of hydrogen-bond acceptors (Lipinski definition) is 6. The average Bonchev–Trinajstić information content (AvgIpc) is 3.39. The normalized spacial score (nSPS) is 26.8. The lowest BCUT2D eigenvalue weighted by atomic mass is 9.83. The van der Waals surface area contributed by atoms with E-state index in [1.165, 1.54) is 38.8 Å². The summed E-state index contributed by atoms with van der Waals surface area (Å²) in [5, 5.41) is 2.69. The van der Waals surface area contributed by atoms with Crippen molar-refractivity contribution in [1.29, 1.82) is 0 Å². The van der Waals surface area contributed by atoms with Crippen LogP contribution in [0.4, 0.5) is 4.79 Å². The van der Waals surface area contributed by atoms with Gasteiger partial charge < -0.3 is 24.6 Å². The largest absolute Gasteiger partial charge is 0.454 e. The second-order valence-corrected chi connectivity index (χ2v) is 9.59. The Morgan fingerprint density at radius 3 is 2.82 bits per heavy atom. The van der Waals surface area contributed by atoms with Crippen LogP contribution < -0.4 is 14.8 Å². The Morgan fingerprint density at radius 1 is 1.12 bits per heavy atom. The first-order valence-electron chi connectivity index (χ1n) is 12.0. The molecule has 0 radical (unpaired) electrons. The van der Waals surface area contributed by atoms with E-state index in [4.69, 9.17) is 9.47 Å². The number of urea groups is 1. The number of nitrogens with zero attached hydrogens (tertiary/aromatic N) is 3. The van der Waals surface area contributed by atoms with Crippen LogP contribution in [0, 0.1) is 5.92 Å². The van der Waals surface area contributed by atoms with Crippen molar-refractivity contribution in [2.24, 2.45) is 5.92 Å². The number of imide groups is 1. The highest BCUT2D eigenvalue weighted by atomic mass is 16.7. The van der Waals surface area contributed by atoms with E-state index in [9.17, 15) is 14.4 Å². The van der Waals surface area contributed by atoms with Crippen LogP contribution in [0.5, 0.6) is 11.5 Å². The Morgan fingerprint density at radius 2 is 1.94 bits per heavy atom. The summed E-state index contributed by atoms with van der Waals surface area (Å²) in [5.41, 5.74) is 0.765. The van der Waals surface area contributed by atoms with Crippen molar-refractivity contribution in [3.8, 4) is 11.5 Å². The minimum atomic E-state index is -0.820. The van der Waals surface area contributed by atoms with Gasteiger partial charge >= 0.3 is 6.03 Å². The van der Waals surface area contributed by atoms with Crippen molar-refractivity contribution in [2.75, 3.05) is 33.5 Å². The lowest BCUT2D eigenvalue weighted by Gasteiger charge is -2.45. The topological polar surface area (TPSA) is 91.4 Å². The molecule has 1 aromatic carbocycles. The third-order valence-electron chi connectivity index (χ3n) is 7.43. The van der Waals surface area contributed by atoms with E-state index in [0.29, 0.717) is 30.0 Å². The molecule has 4 amide bonds. The molecule has 0 unspecified atom stereocenters. The minimum Gasteiger partial charge on any atom is -0.454 e. The molecule has 0 aliphatic carbocycles. The zero-order chi connectivity index (χ0) is 22.9. The summed E-state index contributed by atoms with van der Waals surface area (Å²) in [6.07, 6.45) is 6.04. The molecule has 1 N–H and O–H groups in total. The molecular weight excluding hydrogens is 424 g/mol. The highest BCUT2D eigenvalue weighted by molar-refractivity contribution is 6.05. The predicted octanol–water partition coefficient (Wildman–Crippen LogP) is 1.95. The van der Waals surface area contributed by atoms with Gasteiger partial charge in [-0.3, -0.25) is 14.5 Å². The Bertz CT molecular complexity index is 935. The number of carbonyl (C=O) groups excluding carboxylic acids is 3. The molecule has 33 heavy (non-hydrogen) atoms. The van der Waals surface area contributed by atoms with E-state index in [0.717, 1.165) is 16.9 Å². The summed E-state index contributed by atoms with van der Waals surface area (Å²) in [5.74, 6) is 1.26. The van der Waals surface area contributed by atoms with Crippen LogP contribution in [0.3, 0.4) is 0 Å². The fraction of sp³-hybridized carbons (Fsp3) is 0.625. The molecule has 5 rings (SSSR count). The smallest absolute Gasteiger partial charge is 0.325 e. The lowest BCUT2D eigenvalue weighted by molar-refractivity contribution is -0.135. The van der Waals surface area contributed by atoms with E-state index in [1.807, 2.05) is 7.05 Å². The Labute approximate surface area is 194 Å². The number of amides is 4. The fourth-order valence-corrected chi connectivity index (χ4v) is 5.66. The lowest BCUT2D eigenvalue weighted by Crippen LogP contribution is -2.51. The molecule has 4 aliphatic rings. The van der Waals surface area contributed by atoms with Crippen LogP contribution >= 0.6 is 0 Å². The van der Waals surface area contributed by atoms with Gasteiger partial charge in [0.2, 0.25) is 12.7 Å². The maximum atomic E-state index is 12.9. The molecule has 3 saturated heterocycles. The molecule has 0 aromatic heterocycles. The molecule has 1 aromatic rings. The molecule has 9 nitrogen and oxygen atoms in total. The van der Waals surface area contributed by atoms with Crippen LogP contribution in [0.2, 0.25) is 0 Å². The Hall–Kier alpha value is -2.81. The van der Waals surface area contributed by atoms with Gasteiger partial charge in [-0.1, -0.05) is 12.5 Å². The molecule has 9 heteroatoms. The fourth-order valence-electron chi connectivity index (χ4n) is 5.66. The third kappa shape index (κ3) is 4.51. The second-order valence-electron chi connectivity index (χ2n) is 9.59. The number of piperidine rings is 2. The summed E-state index contributed by atoms with van der Waals surface area (Å²) in [7, 11) is 1.82. The van der Waals surface area contributed by atoms with Gasteiger partial charge in [0.1, 0.15) is 6.04 Å². The number of fused-ring (bicyclic) bond motifs is 2. The highest BCUT2D eigenvalue weighted by Gasteiger charge is 2.40. The van der Waals surface area contributed by atoms with Crippen molar-refractivity contribution < 1.29 is 23.9 Å². The summed E-state index contributed by atoms with van der Waals surface area (Å²) in [6, 6.07) is 4.62. The standard InChI is InChI=1S/C24H32N4O5/c1-26(14-17-5-4-10-27-9-3-2-6-19(17)27)22(29)12-18-23(30)28(24(31)25-18)13-16-7-8-20-21(11-16)33-15-32-20/h7-8,11,17-19H,2-6,9-10,12-15H2,1H3,(H,25,31)/t17-,18-,19+/m0/s1. The molecule has 0 saturated carbocycles. The summed E-state index contributed by atoms with van der Waals surface area (Å²) >= 11 is 0. The van der Waals surface area contributed by atoms with Crippen molar-refractivity contribution >= 4 is 17.8 Å². The zero-order valence-electron chi connectivity index (χ0n) is 19.1. The van der Waals surface area contributed by atoms with Gasteiger partial charge in [-0.05, 0) is 62.4 Å². The molecule has 3 atom stereocenters. The van der Waals surface area contributed by atoms with Gasteiger partial charge in [0.05, 0.1) is 13.0 Å². The SMILES string of the molecule is CN(C[C@@H]1CCCN2CCCC[C@H]12)C(=O)C[C@@H]1NC(=O)N(Cc2ccc3c(c2)OCO3)C1=O. The number of benzene rings is 1. The number of carbonyl (C=O) groups is 3. The van der Waals surface area contributed by atoms with Crippen LogP contribution in [0.15, 0.2) is 18.2 Å². The molecule has 178 valence electrons. The van der Waals surface area contributed by atoms with Gasteiger partial charge in [-0.15, -0.1) is 0 Å². The number of ether oxygens (including phenoxy) is 2. The van der Waals surface area contributed by atoms with E-state index in [2.05, 4.69) is 10.2 Å². The van der Waals surface area contributed by atoms with E-state index in [-0.39, 0.29) is 31.6 Å². The van der Waals surface area contributed by atoms with Crippen LogP contribution in [0.1, 0.15) is 44.1 Å². The van der Waals surface area contributed by atoms with Crippen molar-refractivity contribution in [3.63, 3.8) is 0 Å². The summed E-state index contributed by atoms with van der Waals surface area (Å²) in [4.78, 5) is 43.8. The molecule has 4 aliphatic heterocycles. The maximum absolute atomic E-state index is 12.9. The Kier molecular flexibility index (Phi) is 6.14. The van der Waals surface area contributed by atoms with Crippen LogP contribution in [-0.4, -0.2) is 78.1 Å². The molecule has 3 fully saturated rings. The first-order valence-corrected chi connectivity index (χ1v) is 12.0. The van der Waals surface area contributed by atoms with Gasteiger partial charge in [0.15, 0.2) is 11.5 Å². The first kappa shape index (κ1) is 22.0. The van der Waals surface area contributed by atoms with Gasteiger partial charge in [0.25, 0.3) is 5.91 Å². The molecule has 4 heterocycles. The van der Waals surface area contributed by atoms with Crippen molar-refractivity contribution in [2.45, 2.75) is 57.2 Å². The van der Waals surface area contributed by atoms with Crippen molar-refractivity contribution in [1.82, 2.24) is 20.0 Å². The van der Waals surface area contributed by atoms with Gasteiger partial charge in [-0.2, -0.15) is 0 Å². The second kappa shape index (κ2) is 9.21. The van der Waals surface area contributed by atoms with E-state index >= 15 is 0 Å². The van der Waals surface area contributed by atoms with E-state index in [1.54, 1.807) is 23.1 Å². The molecule has 0 spiro atoms. The molecule has 0 bridgehead atoms. The minimum absolute atomic E-state index is 0.0141.